The third-order valence-electron chi connectivity index (χ3n) is 1.62. The zero-order valence-corrected chi connectivity index (χ0v) is 8.10. The number of nitrogens with one attached hydrogen (secondary N) is 1. The molecule has 1 aromatic rings. The van der Waals surface area contributed by atoms with Crippen LogP contribution < -0.4 is 5.32 Å². The van der Waals surface area contributed by atoms with E-state index in [0.29, 0.717) is 0 Å². The van der Waals surface area contributed by atoms with E-state index in [0.717, 1.165) is 18.7 Å². The molecule has 0 radical (unpaired) electrons. The standard InChI is InChI=1S/C9H14N2S/c1-3-5-10-8(4-2)9-6-12-7-11-9/h4,6-8,10H,2-3,5H2,1H3. The molecule has 1 atom stereocenters. The minimum Gasteiger partial charge on any atom is -0.305 e. The highest BCUT2D eigenvalue weighted by atomic mass is 32.1. The first-order chi connectivity index (χ1) is 5.88. The molecule has 0 amide bonds. The van der Waals surface area contributed by atoms with E-state index in [4.69, 9.17) is 0 Å². The maximum atomic E-state index is 4.23. The molecule has 0 saturated carbocycles. The fourth-order valence-electron chi connectivity index (χ4n) is 0.984. The SMILES string of the molecule is C=CC(NCCC)c1cscn1. The summed E-state index contributed by atoms with van der Waals surface area (Å²) < 4.78 is 0. The highest BCUT2D eigenvalue weighted by Gasteiger charge is 2.06. The summed E-state index contributed by atoms with van der Waals surface area (Å²) >= 11 is 1.62. The van der Waals surface area contributed by atoms with Crippen LogP contribution in [0.25, 0.3) is 0 Å². The Hall–Kier alpha value is -0.670. The van der Waals surface area contributed by atoms with Crippen molar-refractivity contribution >= 4 is 11.3 Å². The zero-order valence-electron chi connectivity index (χ0n) is 7.29. The van der Waals surface area contributed by atoms with Crippen LogP contribution in [-0.2, 0) is 0 Å². The van der Waals surface area contributed by atoms with Gasteiger partial charge in [0.05, 0.1) is 17.2 Å². The summed E-state index contributed by atoms with van der Waals surface area (Å²) in [7, 11) is 0. The molecular formula is C9H14N2S. The lowest BCUT2D eigenvalue weighted by Gasteiger charge is -2.10. The van der Waals surface area contributed by atoms with Crippen LogP contribution in [-0.4, -0.2) is 11.5 Å². The average Bonchev–Trinajstić information content (AvgIpc) is 2.59. The number of hydrogen-bond acceptors (Lipinski definition) is 3. The van der Waals surface area contributed by atoms with E-state index in [1.807, 2.05) is 11.6 Å². The van der Waals surface area contributed by atoms with Crippen LogP contribution in [0.2, 0.25) is 0 Å². The van der Waals surface area contributed by atoms with Gasteiger partial charge in [0.25, 0.3) is 0 Å². The molecule has 0 aromatic carbocycles. The van der Waals surface area contributed by atoms with Crippen molar-refractivity contribution < 1.29 is 0 Å². The molecule has 1 aromatic heterocycles. The smallest absolute Gasteiger partial charge is 0.0795 e. The van der Waals surface area contributed by atoms with Crippen LogP contribution in [0.15, 0.2) is 23.5 Å². The summed E-state index contributed by atoms with van der Waals surface area (Å²) in [6, 6.07) is 0.219. The summed E-state index contributed by atoms with van der Waals surface area (Å²) in [6.07, 6.45) is 3.03. The van der Waals surface area contributed by atoms with E-state index in [9.17, 15) is 0 Å². The lowest BCUT2D eigenvalue weighted by atomic mass is 10.2. The Morgan fingerprint density at radius 3 is 3.17 bits per heavy atom. The third-order valence-corrected chi connectivity index (χ3v) is 2.22. The first kappa shape index (κ1) is 9.42. The maximum absolute atomic E-state index is 4.23. The average molecular weight is 182 g/mol. The van der Waals surface area contributed by atoms with Crippen molar-refractivity contribution in [1.29, 1.82) is 0 Å². The van der Waals surface area contributed by atoms with Gasteiger partial charge in [0, 0.05) is 5.38 Å². The number of rotatable bonds is 5. The highest BCUT2D eigenvalue weighted by Crippen LogP contribution is 2.13. The monoisotopic (exact) mass is 182 g/mol. The van der Waals surface area contributed by atoms with Crippen LogP contribution >= 0.6 is 11.3 Å². The molecule has 2 nitrogen and oxygen atoms in total. The number of nitrogens with zero attached hydrogens (tertiary/aromatic N) is 1. The molecule has 0 aliphatic heterocycles. The Bertz CT molecular complexity index is 218. The molecule has 0 fully saturated rings. The van der Waals surface area contributed by atoms with Gasteiger partial charge >= 0.3 is 0 Å². The van der Waals surface area contributed by atoms with Gasteiger partial charge < -0.3 is 5.32 Å². The molecule has 12 heavy (non-hydrogen) atoms. The molecule has 0 aliphatic rings. The lowest BCUT2D eigenvalue weighted by molar-refractivity contribution is 0.604. The molecule has 1 heterocycles. The zero-order chi connectivity index (χ0) is 8.81. The molecule has 1 N–H and O–H groups in total. The Kier molecular flexibility index (Phi) is 3.97. The quantitative estimate of drug-likeness (QED) is 0.707. The minimum atomic E-state index is 0.219. The van der Waals surface area contributed by atoms with Gasteiger partial charge in [0.15, 0.2) is 0 Å². The fraction of sp³-hybridized carbons (Fsp3) is 0.444. The van der Waals surface area contributed by atoms with Gasteiger partial charge in [0.1, 0.15) is 0 Å². The predicted molar refractivity (Wildman–Crippen MR) is 53.3 cm³/mol. The number of hydrogen-bond donors (Lipinski definition) is 1. The summed E-state index contributed by atoms with van der Waals surface area (Å²) in [5.74, 6) is 0. The second kappa shape index (κ2) is 5.06. The van der Waals surface area contributed by atoms with Crippen molar-refractivity contribution in [2.45, 2.75) is 19.4 Å². The van der Waals surface area contributed by atoms with Gasteiger partial charge in [0.2, 0.25) is 0 Å². The molecule has 66 valence electrons. The van der Waals surface area contributed by atoms with E-state index in [1.54, 1.807) is 11.3 Å². The Morgan fingerprint density at radius 2 is 2.67 bits per heavy atom. The summed E-state index contributed by atoms with van der Waals surface area (Å²) in [5.41, 5.74) is 2.92. The van der Waals surface area contributed by atoms with E-state index in [2.05, 4.69) is 29.2 Å². The number of aromatic nitrogens is 1. The van der Waals surface area contributed by atoms with Crippen molar-refractivity contribution in [3.8, 4) is 0 Å². The van der Waals surface area contributed by atoms with E-state index in [1.165, 1.54) is 0 Å². The molecule has 0 bridgehead atoms. The van der Waals surface area contributed by atoms with Crippen molar-refractivity contribution in [2.24, 2.45) is 0 Å². The Labute approximate surface area is 77.3 Å². The largest absolute Gasteiger partial charge is 0.305 e. The molecule has 1 rings (SSSR count). The molecule has 1 unspecified atom stereocenters. The van der Waals surface area contributed by atoms with Gasteiger partial charge in [-0.15, -0.1) is 17.9 Å². The molecule has 0 aliphatic carbocycles. The minimum absolute atomic E-state index is 0.219. The van der Waals surface area contributed by atoms with Gasteiger partial charge in [-0.05, 0) is 13.0 Å². The second-order valence-electron chi connectivity index (χ2n) is 2.58. The molecule has 0 saturated heterocycles. The fourth-order valence-corrected chi connectivity index (χ4v) is 1.57. The normalized spacial score (nSPS) is 12.8. The van der Waals surface area contributed by atoms with Crippen molar-refractivity contribution in [2.75, 3.05) is 6.54 Å². The summed E-state index contributed by atoms with van der Waals surface area (Å²) in [5, 5.41) is 5.40. The van der Waals surface area contributed by atoms with E-state index < -0.39 is 0 Å². The van der Waals surface area contributed by atoms with Gasteiger partial charge in [-0.1, -0.05) is 13.0 Å². The maximum Gasteiger partial charge on any atom is 0.0795 e. The molecule has 3 heteroatoms. The van der Waals surface area contributed by atoms with Crippen LogP contribution in [0.5, 0.6) is 0 Å². The van der Waals surface area contributed by atoms with Gasteiger partial charge in [-0.2, -0.15) is 0 Å². The van der Waals surface area contributed by atoms with Crippen molar-refractivity contribution in [3.63, 3.8) is 0 Å². The van der Waals surface area contributed by atoms with Crippen LogP contribution in [0.3, 0.4) is 0 Å². The Balaban J connectivity index is 2.51. The van der Waals surface area contributed by atoms with Gasteiger partial charge in [-0.3, -0.25) is 0 Å². The Morgan fingerprint density at radius 1 is 1.83 bits per heavy atom. The van der Waals surface area contributed by atoms with Crippen LogP contribution in [0, 0.1) is 0 Å². The topological polar surface area (TPSA) is 24.9 Å². The first-order valence-corrected chi connectivity index (χ1v) is 5.06. The van der Waals surface area contributed by atoms with E-state index >= 15 is 0 Å². The predicted octanol–water partition coefficient (Wildman–Crippen LogP) is 2.37. The first-order valence-electron chi connectivity index (χ1n) is 4.12. The van der Waals surface area contributed by atoms with Crippen LogP contribution in [0.4, 0.5) is 0 Å². The number of thiazole rings is 1. The van der Waals surface area contributed by atoms with E-state index in [-0.39, 0.29) is 6.04 Å². The summed E-state index contributed by atoms with van der Waals surface area (Å²) in [4.78, 5) is 4.23. The molecular weight excluding hydrogens is 168 g/mol. The highest BCUT2D eigenvalue weighted by molar-refractivity contribution is 7.07. The second-order valence-corrected chi connectivity index (χ2v) is 3.30. The lowest BCUT2D eigenvalue weighted by Crippen LogP contribution is -2.20. The van der Waals surface area contributed by atoms with Crippen molar-refractivity contribution in [3.05, 3.63) is 29.2 Å². The van der Waals surface area contributed by atoms with Gasteiger partial charge in [-0.25, -0.2) is 4.98 Å². The molecule has 0 spiro atoms. The van der Waals surface area contributed by atoms with Crippen molar-refractivity contribution in [1.82, 2.24) is 10.3 Å². The van der Waals surface area contributed by atoms with Crippen LogP contribution in [0.1, 0.15) is 25.1 Å². The summed E-state index contributed by atoms with van der Waals surface area (Å²) in [6.45, 7) is 6.93. The third kappa shape index (κ3) is 2.43.